The lowest BCUT2D eigenvalue weighted by atomic mass is 10.0. The molecule has 0 saturated heterocycles. The summed E-state index contributed by atoms with van der Waals surface area (Å²) in [6.07, 6.45) is 6.40. The van der Waals surface area contributed by atoms with E-state index < -0.39 is 0 Å². The standard InChI is InChI=1S/C23H22N6OS/c1-13-9-10-16(12-25-13)20-17-6-4-7-18-22(31-23(27-18)26-15(3)30)21(17)29(28-20)19-8-5-11-24-14(19)2/h5,8-12H,4,6-7H2,1-3H3,(H,26,27,30). The summed E-state index contributed by atoms with van der Waals surface area (Å²) in [5, 5.41) is 8.53. The van der Waals surface area contributed by atoms with E-state index in [0.29, 0.717) is 5.13 Å². The molecule has 156 valence electrons. The smallest absolute Gasteiger partial charge is 0.223 e. The quantitative estimate of drug-likeness (QED) is 0.517. The Morgan fingerprint density at radius 2 is 2.03 bits per heavy atom. The van der Waals surface area contributed by atoms with Crippen LogP contribution in [-0.4, -0.2) is 30.6 Å². The number of carbonyl (C=O) groups excluding carboxylic acids is 1. The highest BCUT2D eigenvalue weighted by atomic mass is 32.1. The summed E-state index contributed by atoms with van der Waals surface area (Å²) in [5.41, 5.74) is 7.97. The zero-order valence-electron chi connectivity index (χ0n) is 17.6. The predicted octanol–water partition coefficient (Wildman–Crippen LogP) is 4.52. The molecule has 1 amide bonds. The molecule has 0 saturated carbocycles. The molecule has 0 radical (unpaired) electrons. The highest BCUT2D eigenvalue weighted by Crippen LogP contribution is 2.43. The summed E-state index contributed by atoms with van der Waals surface area (Å²) < 4.78 is 1.99. The average molecular weight is 431 g/mol. The van der Waals surface area contributed by atoms with Crippen molar-refractivity contribution in [3.8, 4) is 27.5 Å². The second-order valence-electron chi connectivity index (χ2n) is 7.71. The van der Waals surface area contributed by atoms with Gasteiger partial charge in [-0.15, -0.1) is 0 Å². The van der Waals surface area contributed by atoms with Gasteiger partial charge in [-0.2, -0.15) is 5.10 Å². The van der Waals surface area contributed by atoms with Crippen molar-refractivity contribution in [3.05, 3.63) is 59.3 Å². The zero-order valence-corrected chi connectivity index (χ0v) is 18.5. The van der Waals surface area contributed by atoms with Crippen LogP contribution in [0.4, 0.5) is 5.13 Å². The van der Waals surface area contributed by atoms with Gasteiger partial charge in [-0.1, -0.05) is 11.3 Å². The van der Waals surface area contributed by atoms with Crippen LogP contribution < -0.4 is 5.32 Å². The summed E-state index contributed by atoms with van der Waals surface area (Å²) in [7, 11) is 0. The molecule has 0 aromatic carbocycles. The molecular formula is C23H22N6OS. The Morgan fingerprint density at radius 3 is 2.77 bits per heavy atom. The maximum absolute atomic E-state index is 11.6. The molecule has 4 aromatic heterocycles. The number of carbonyl (C=O) groups is 1. The Hall–Kier alpha value is -3.39. The van der Waals surface area contributed by atoms with Crippen LogP contribution in [0.2, 0.25) is 0 Å². The van der Waals surface area contributed by atoms with Crippen molar-refractivity contribution in [2.75, 3.05) is 5.32 Å². The van der Waals surface area contributed by atoms with Gasteiger partial charge in [-0.3, -0.25) is 14.8 Å². The number of nitrogens with zero attached hydrogens (tertiary/aromatic N) is 5. The molecule has 0 unspecified atom stereocenters. The van der Waals surface area contributed by atoms with Crippen LogP contribution in [0.15, 0.2) is 36.7 Å². The molecule has 5 rings (SSSR count). The van der Waals surface area contributed by atoms with Crippen molar-refractivity contribution >= 4 is 22.4 Å². The monoisotopic (exact) mass is 430 g/mol. The fourth-order valence-electron chi connectivity index (χ4n) is 3.98. The number of aryl methyl sites for hydroxylation is 3. The third-order valence-corrected chi connectivity index (χ3v) is 6.43. The molecule has 31 heavy (non-hydrogen) atoms. The summed E-state index contributed by atoms with van der Waals surface area (Å²) in [6.45, 7) is 5.47. The minimum Gasteiger partial charge on any atom is -0.302 e. The third kappa shape index (κ3) is 3.53. The topological polar surface area (TPSA) is 85.6 Å². The van der Waals surface area contributed by atoms with Crippen molar-refractivity contribution in [2.24, 2.45) is 0 Å². The fourth-order valence-corrected chi connectivity index (χ4v) is 5.09. The number of hydrogen-bond donors (Lipinski definition) is 1. The first kappa shape index (κ1) is 19.6. The molecule has 0 fully saturated rings. The minimum absolute atomic E-state index is 0.118. The Kier molecular flexibility index (Phi) is 4.86. The minimum atomic E-state index is -0.118. The Labute approximate surface area is 184 Å². The summed E-state index contributed by atoms with van der Waals surface area (Å²) in [6, 6.07) is 8.05. The molecule has 1 aliphatic rings. The number of rotatable bonds is 3. The van der Waals surface area contributed by atoms with Crippen molar-refractivity contribution in [3.63, 3.8) is 0 Å². The first-order chi connectivity index (χ1) is 15.0. The fraction of sp³-hybridized carbons (Fsp3) is 0.261. The molecule has 0 bridgehead atoms. The Morgan fingerprint density at radius 1 is 1.16 bits per heavy atom. The van der Waals surface area contributed by atoms with Gasteiger partial charge in [0.25, 0.3) is 0 Å². The number of thiazole rings is 1. The van der Waals surface area contributed by atoms with E-state index in [0.717, 1.165) is 63.9 Å². The maximum atomic E-state index is 11.6. The number of anilines is 1. The van der Waals surface area contributed by atoms with E-state index in [4.69, 9.17) is 10.1 Å². The molecular weight excluding hydrogens is 408 g/mol. The van der Waals surface area contributed by atoms with Crippen LogP contribution in [0.1, 0.15) is 36.0 Å². The SMILES string of the molecule is CC(=O)Nc1nc2c(s1)-c1c(c(-c3ccc(C)nc3)nn1-c1cccnc1C)CCC2. The highest BCUT2D eigenvalue weighted by molar-refractivity contribution is 7.19. The normalized spacial score (nSPS) is 12.7. The van der Waals surface area contributed by atoms with Crippen LogP contribution in [0.25, 0.3) is 27.5 Å². The average Bonchev–Trinajstić information content (AvgIpc) is 3.25. The second-order valence-corrected chi connectivity index (χ2v) is 8.71. The van der Waals surface area contributed by atoms with Gasteiger partial charge in [0.15, 0.2) is 5.13 Å². The van der Waals surface area contributed by atoms with E-state index in [2.05, 4.69) is 21.4 Å². The van der Waals surface area contributed by atoms with Gasteiger partial charge in [0.05, 0.1) is 33.3 Å². The summed E-state index contributed by atoms with van der Waals surface area (Å²) >= 11 is 1.51. The molecule has 0 spiro atoms. The van der Waals surface area contributed by atoms with E-state index in [1.807, 2.05) is 42.9 Å². The van der Waals surface area contributed by atoms with E-state index in [1.165, 1.54) is 23.8 Å². The molecule has 4 heterocycles. The largest absolute Gasteiger partial charge is 0.302 e. The van der Waals surface area contributed by atoms with Crippen LogP contribution in [0.3, 0.4) is 0 Å². The van der Waals surface area contributed by atoms with Crippen LogP contribution in [-0.2, 0) is 17.6 Å². The molecule has 0 atom stereocenters. The van der Waals surface area contributed by atoms with Gasteiger partial charge in [-0.05, 0) is 57.4 Å². The maximum Gasteiger partial charge on any atom is 0.223 e. The number of hydrogen-bond acceptors (Lipinski definition) is 6. The van der Waals surface area contributed by atoms with Crippen molar-refractivity contribution in [1.82, 2.24) is 24.7 Å². The molecule has 4 aromatic rings. The number of aromatic nitrogens is 5. The van der Waals surface area contributed by atoms with Gasteiger partial charge in [-0.25, -0.2) is 9.67 Å². The number of pyridine rings is 2. The third-order valence-electron chi connectivity index (χ3n) is 5.41. The summed E-state index contributed by atoms with van der Waals surface area (Å²) in [4.78, 5) is 26.4. The van der Waals surface area contributed by atoms with E-state index in [9.17, 15) is 4.79 Å². The van der Waals surface area contributed by atoms with Gasteiger partial charge in [0, 0.05) is 36.1 Å². The molecule has 1 N–H and O–H groups in total. The van der Waals surface area contributed by atoms with Crippen LogP contribution in [0, 0.1) is 13.8 Å². The number of amides is 1. The first-order valence-electron chi connectivity index (χ1n) is 10.3. The lowest BCUT2D eigenvalue weighted by Gasteiger charge is -2.09. The lowest BCUT2D eigenvalue weighted by molar-refractivity contribution is -0.114. The number of fused-ring (bicyclic) bond motifs is 3. The van der Waals surface area contributed by atoms with E-state index in [-0.39, 0.29) is 5.91 Å². The molecule has 0 aliphatic heterocycles. The molecule has 7 nitrogen and oxygen atoms in total. The molecule has 8 heteroatoms. The predicted molar refractivity (Wildman–Crippen MR) is 122 cm³/mol. The van der Waals surface area contributed by atoms with E-state index >= 15 is 0 Å². The highest BCUT2D eigenvalue weighted by Gasteiger charge is 2.29. The van der Waals surface area contributed by atoms with Crippen molar-refractivity contribution < 1.29 is 4.79 Å². The van der Waals surface area contributed by atoms with E-state index in [1.54, 1.807) is 6.20 Å². The van der Waals surface area contributed by atoms with Crippen molar-refractivity contribution in [2.45, 2.75) is 40.0 Å². The summed E-state index contributed by atoms with van der Waals surface area (Å²) in [5.74, 6) is -0.118. The van der Waals surface area contributed by atoms with Crippen LogP contribution in [0.5, 0.6) is 0 Å². The Bertz CT molecular complexity index is 1290. The zero-order chi connectivity index (χ0) is 21.5. The van der Waals surface area contributed by atoms with Crippen LogP contribution >= 0.6 is 11.3 Å². The van der Waals surface area contributed by atoms with Gasteiger partial charge in [0.2, 0.25) is 5.91 Å². The lowest BCUT2D eigenvalue weighted by Crippen LogP contribution is -2.05. The number of nitrogens with one attached hydrogen (secondary N) is 1. The van der Waals surface area contributed by atoms with Crippen molar-refractivity contribution in [1.29, 1.82) is 0 Å². The Balaban J connectivity index is 1.78. The van der Waals surface area contributed by atoms with Gasteiger partial charge < -0.3 is 5.32 Å². The van der Waals surface area contributed by atoms with Gasteiger partial charge in [0.1, 0.15) is 0 Å². The second kappa shape index (κ2) is 7.70. The molecule has 1 aliphatic carbocycles. The van der Waals surface area contributed by atoms with Gasteiger partial charge >= 0.3 is 0 Å². The first-order valence-corrected chi connectivity index (χ1v) is 11.1.